The highest BCUT2D eigenvalue weighted by Gasteiger charge is 2.69. The molecule has 2 aliphatic heterocycles. The summed E-state index contributed by atoms with van der Waals surface area (Å²) in [6.45, 7) is 2.29. The monoisotopic (exact) mass is 640 g/mol. The van der Waals surface area contributed by atoms with E-state index in [1.165, 1.54) is 6.92 Å². The Morgan fingerprint density at radius 2 is 2.17 bits per heavy atom. The van der Waals surface area contributed by atoms with Crippen molar-refractivity contribution in [2.45, 2.75) is 49.3 Å². The number of esters is 1. The van der Waals surface area contributed by atoms with Crippen LogP contribution in [0.3, 0.4) is 0 Å². The lowest BCUT2D eigenvalue weighted by atomic mass is 9.94. The lowest BCUT2D eigenvalue weighted by Crippen LogP contribution is -2.46. The Bertz CT molecular complexity index is 1610. The normalized spacial score (nSPS) is 29.5. The van der Waals surface area contributed by atoms with Gasteiger partial charge in [-0.2, -0.15) is 10.2 Å². The van der Waals surface area contributed by atoms with Crippen molar-refractivity contribution in [3.63, 3.8) is 0 Å². The fourth-order valence-electron chi connectivity index (χ4n) is 4.57. The number of ether oxygens (including phenoxy) is 2. The van der Waals surface area contributed by atoms with Gasteiger partial charge < -0.3 is 30.6 Å². The number of carbonyl (C=O) groups is 1. The molecular weight excluding hydrogens is 618 g/mol. The van der Waals surface area contributed by atoms with E-state index in [4.69, 9.17) is 30.0 Å². The number of carbonyl (C=O) groups excluding carboxylic acids is 1. The number of nitrogens with zero attached hydrogens (tertiary/aromatic N) is 6. The van der Waals surface area contributed by atoms with E-state index in [2.05, 4.69) is 36.0 Å². The summed E-state index contributed by atoms with van der Waals surface area (Å²) in [5.41, 5.74) is 10.4. The molecule has 0 aromatic carbocycles. The van der Waals surface area contributed by atoms with Crippen molar-refractivity contribution in [3.05, 3.63) is 34.9 Å². The summed E-state index contributed by atoms with van der Waals surface area (Å²) in [5, 5.41) is 24.9. The number of pyridine rings is 1. The van der Waals surface area contributed by atoms with Gasteiger partial charge in [-0.15, -0.1) is 5.10 Å². The van der Waals surface area contributed by atoms with Crippen LogP contribution < -0.4 is 16.0 Å². The number of aliphatic hydroxyl groups is 1. The Hall–Kier alpha value is -3.42. The van der Waals surface area contributed by atoms with Crippen LogP contribution in [-0.2, 0) is 42.0 Å². The molecule has 3 aromatic heterocycles. The van der Waals surface area contributed by atoms with Crippen molar-refractivity contribution < 1.29 is 37.4 Å². The summed E-state index contributed by atoms with van der Waals surface area (Å²) in [6.07, 6.45) is -0.640. The Kier molecular flexibility index (Phi) is 6.95. The minimum absolute atomic E-state index is 0.0179. The summed E-state index contributed by atoms with van der Waals surface area (Å²) >= 11 is 2.81. The predicted octanol–water partition coefficient (Wildman–Crippen LogP) is 1.44. The van der Waals surface area contributed by atoms with Crippen LogP contribution in [0, 0.1) is 18.3 Å². The van der Waals surface area contributed by atoms with Gasteiger partial charge in [-0.25, -0.2) is 18.5 Å². The molecule has 18 heteroatoms. The SMILES string of the molecule is CC(=O)OCc1cnc(C)c2c1CCP(=O)(OC[C@H]1O[C@@](C#N)(c3cnc4c(N)nc(N)nn34)C(F)(Br)[C@H]1O)O2. The molecule has 5 N–H and O–H groups in total. The van der Waals surface area contributed by atoms with E-state index in [-0.39, 0.29) is 48.0 Å². The van der Waals surface area contributed by atoms with Gasteiger partial charge in [-0.05, 0) is 29.3 Å². The summed E-state index contributed by atoms with van der Waals surface area (Å²) < 4.78 is 49.9. The molecule has 2 aliphatic rings. The molecule has 5 rings (SSSR count). The number of imidazole rings is 1. The highest BCUT2D eigenvalue weighted by Crippen LogP contribution is 2.57. The zero-order valence-corrected chi connectivity index (χ0v) is 23.6. The second-order valence-corrected chi connectivity index (χ2v) is 12.4. The number of hydrogen-bond donors (Lipinski definition) is 3. The second-order valence-electron chi connectivity index (χ2n) is 9.18. The lowest BCUT2D eigenvalue weighted by Gasteiger charge is -2.29. The Morgan fingerprint density at radius 1 is 1.43 bits per heavy atom. The number of nitriles is 1. The number of anilines is 2. The number of aromatic nitrogens is 5. The highest BCUT2D eigenvalue weighted by atomic mass is 79.9. The first kappa shape index (κ1) is 28.1. The fraction of sp³-hybridized carbons (Fsp3) is 0.455. The molecule has 1 saturated heterocycles. The van der Waals surface area contributed by atoms with Crippen LogP contribution in [0.15, 0.2) is 12.4 Å². The van der Waals surface area contributed by atoms with E-state index in [1.54, 1.807) is 19.2 Å². The predicted molar refractivity (Wildman–Crippen MR) is 138 cm³/mol. The molecule has 0 saturated carbocycles. The van der Waals surface area contributed by atoms with Crippen LogP contribution in [-0.4, -0.2) is 65.2 Å². The van der Waals surface area contributed by atoms with Crippen molar-refractivity contribution in [1.82, 2.24) is 24.6 Å². The molecule has 0 amide bonds. The molecule has 1 fully saturated rings. The van der Waals surface area contributed by atoms with E-state index < -0.39 is 42.6 Å². The zero-order valence-electron chi connectivity index (χ0n) is 21.1. The van der Waals surface area contributed by atoms with Gasteiger partial charge in [-0.3, -0.25) is 14.3 Å². The highest BCUT2D eigenvalue weighted by molar-refractivity contribution is 9.10. The van der Waals surface area contributed by atoms with Crippen LogP contribution in [0.4, 0.5) is 16.2 Å². The quantitative estimate of drug-likeness (QED) is 0.197. The number of alkyl halides is 2. The van der Waals surface area contributed by atoms with E-state index in [1.807, 2.05) is 0 Å². The minimum Gasteiger partial charge on any atom is -0.461 e. The number of hydrogen-bond acceptors (Lipinski definition) is 14. The van der Waals surface area contributed by atoms with Crippen molar-refractivity contribution >= 4 is 46.9 Å². The third-order valence-corrected chi connectivity index (χ3v) is 9.38. The van der Waals surface area contributed by atoms with Gasteiger partial charge in [0.2, 0.25) is 16.1 Å². The molecule has 5 heterocycles. The molecule has 5 atom stereocenters. The molecular formula is C22H23BrFN8O7P. The maximum atomic E-state index is 16.1. The van der Waals surface area contributed by atoms with Crippen molar-refractivity contribution in [3.8, 4) is 11.8 Å². The average molecular weight is 641 g/mol. The fourth-order valence-corrected chi connectivity index (χ4v) is 6.92. The molecule has 40 heavy (non-hydrogen) atoms. The van der Waals surface area contributed by atoms with Gasteiger partial charge in [0.1, 0.15) is 30.6 Å². The van der Waals surface area contributed by atoms with Crippen molar-refractivity contribution in [2.24, 2.45) is 0 Å². The van der Waals surface area contributed by atoms with Crippen LogP contribution in [0.25, 0.3) is 5.65 Å². The summed E-state index contributed by atoms with van der Waals surface area (Å²) in [7, 11) is -3.84. The van der Waals surface area contributed by atoms with Gasteiger partial charge in [0.25, 0.3) is 0 Å². The van der Waals surface area contributed by atoms with Crippen LogP contribution in [0.5, 0.6) is 5.75 Å². The lowest BCUT2D eigenvalue weighted by molar-refractivity contribution is -0.142. The Morgan fingerprint density at radius 3 is 2.88 bits per heavy atom. The number of aliphatic hydroxyl groups excluding tert-OH is 1. The van der Waals surface area contributed by atoms with E-state index >= 15 is 4.39 Å². The third-order valence-electron chi connectivity index (χ3n) is 6.58. The third kappa shape index (κ3) is 4.45. The first-order valence-electron chi connectivity index (χ1n) is 11.8. The molecule has 0 aliphatic carbocycles. The average Bonchev–Trinajstić information content (AvgIpc) is 3.40. The topological polar surface area (TPSA) is 223 Å². The number of aryl methyl sites for hydroxylation is 1. The number of fused-ring (bicyclic) bond motifs is 2. The largest absolute Gasteiger partial charge is 0.461 e. The van der Waals surface area contributed by atoms with Crippen molar-refractivity contribution in [2.75, 3.05) is 24.2 Å². The molecule has 0 radical (unpaired) electrons. The molecule has 212 valence electrons. The second kappa shape index (κ2) is 9.89. The van der Waals surface area contributed by atoms with Gasteiger partial charge in [0, 0.05) is 24.2 Å². The minimum atomic E-state index is -3.84. The number of nitrogens with two attached hydrogens (primary N) is 2. The Labute approximate surface area is 234 Å². The number of halogens is 2. The maximum Gasteiger partial charge on any atom is 0.379 e. The van der Waals surface area contributed by atoms with Gasteiger partial charge in [-0.1, -0.05) is 0 Å². The zero-order chi connectivity index (χ0) is 29.0. The van der Waals surface area contributed by atoms with Gasteiger partial charge >= 0.3 is 13.6 Å². The first-order valence-corrected chi connectivity index (χ1v) is 14.3. The van der Waals surface area contributed by atoms with Crippen molar-refractivity contribution in [1.29, 1.82) is 5.26 Å². The number of nitrogen functional groups attached to an aromatic ring is 2. The molecule has 15 nitrogen and oxygen atoms in total. The summed E-state index contributed by atoms with van der Waals surface area (Å²) in [6, 6.07) is 1.75. The molecule has 3 aromatic rings. The number of rotatable bonds is 6. The maximum absolute atomic E-state index is 16.1. The summed E-state index contributed by atoms with van der Waals surface area (Å²) in [4.78, 5) is 23.3. The Balaban J connectivity index is 1.39. The summed E-state index contributed by atoms with van der Waals surface area (Å²) in [5.74, 6) is -0.650. The van der Waals surface area contributed by atoms with Crippen LogP contribution in [0.2, 0.25) is 0 Å². The van der Waals surface area contributed by atoms with E-state index in [0.717, 1.165) is 10.7 Å². The smallest absolute Gasteiger partial charge is 0.379 e. The van der Waals surface area contributed by atoms with Crippen LogP contribution >= 0.6 is 23.5 Å². The van der Waals surface area contributed by atoms with Gasteiger partial charge in [0.15, 0.2) is 17.2 Å². The van der Waals surface area contributed by atoms with E-state index in [9.17, 15) is 19.7 Å². The standard InChI is InChI=1S/C22H23BrFN8O7P/c1-10-16-13(12(5-28-10)7-36-11(2)33)3-4-40(35,39-16)37-8-14-17(34)22(23,24)21(9-25,38-14)15-6-29-19-18(26)30-20(27)31-32(15)19/h5-6,14,17,34H,3-4,7-8H2,1-2H3,(H4,26,27,30,31)/t14-,17+,21+,22?,40?/m1/s1. The molecule has 2 unspecified atom stereocenters. The van der Waals surface area contributed by atoms with Gasteiger partial charge in [0.05, 0.1) is 24.7 Å². The molecule has 0 spiro atoms. The first-order chi connectivity index (χ1) is 18.8. The molecule has 0 bridgehead atoms. The van der Waals surface area contributed by atoms with Crippen LogP contribution in [0.1, 0.15) is 29.4 Å². The van der Waals surface area contributed by atoms with E-state index in [0.29, 0.717) is 16.8 Å².